The quantitative estimate of drug-likeness (QED) is 0.245. The molecule has 7 nitrogen and oxygen atoms in total. The van der Waals surface area contributed by atoms with Crippen LogP contribution in [0.25, 0.3) is 0 Å². The summed E-state index contributed by atoms with van der Waals surface area (Å²) in [5.41, 5.74) is 0.255. The van der Waals surface area contributed by atoms with E-state index in [2.05, 4.69) is 31.9 Å². The molecule has 0 aliphatic carbocycles. The highest BCUT2D eigenvalue weighted by Crippen LogP contribution is 2.37. The van der Waals surface area contributed by atoms with E-state index in [0.717, 1.165) is 0 Å². The van der Waals surface area contributed by atoms with Crippen LogP contribution in [0.2, 0.25) is 0 Å². The topological polar surface area (TPSA) is 96.0 Å². The van der Waals surface area contributed by atoms with Gasteiger partial charge in [0.1, 0.15) is 5.75 Å². The van der Waals surface area contributed by atoms with Crippen molar-refractivity contribution in [2.45, 2.75) is 40.0 Å². The van der Waals surface area contributed by atoms with Crippen LogP contribution in [0, 0.1) is 0 Å². The Morgan fingerprint density at radius 2 is 1.16 bits per heavy atom. The Morgan fingerprint density at radius 1 is 0.677 bits per heavy atom. The van der Waals surface area contributed by atoms with Crippen LogP contribution in [0.5, 0.6) is 17.2 Å². The summed E-state index contributed by atoms with van der Waals surface area (Å²) in [7, 11) is 0. The molecular weight excluding hydrogens is 536 g/mol. The summed E-state index contributed by atoms with van der Waals surface area (Å²) in [6.07, 6.45) is 0.342. The van der Waals surface area contributed by atoms with Crippen molar-refractivity contribution in [2.24, 2.45) is 0 Å². The number of carbonyl (C=O) groups excluding carboxylic acids is 4. The van der Waals surface area contributed by atoms with Gasteiger partial charge in [-0.05, 0) is 46.3 Å². The van der Waals surface area contributed by atoms with Crippen molar-refractivity contribution in [3.05, 3.63) is 50.4 Å². The number of hydrogen-bond acceptors (Lipinski definition) is 7. The largest absolute Gasteiger partial charge is 0.426 e. The second kappa shape index (κ2) is 11.2. The van der Waals surface area contributed by atoms with Crippen LogP contribution in [0.4, 0.5) is 0 Å². The predicted molar refractivity (Wildman–Crippen MR) is 119 cm³/mol. The molecule has 164 valence electrons. The summed E-state index contributed by atoms with van der Waals surface area (Å²) in [4.78, 5) is 48.7. The van der Waals surface area contributed by atoms with E-state index < -0.39 is 23.7 Å². The third-order valence-corrected chi connectivity index (χ3v) is 5.15. The van der Waals surface area contributed by atoms with Gasteiger partial charge in [0.05, 0.1) is 5.56 Å². The fraction of sp³-hybridized carbons (Fsp3) is 0.273. The minimum Gasteiger partial charge on any atom is -0.426 e. The Balaban J connectivity index is 2.57. The van der Waals surface area contributed by atoms with E-state index in [1.807, 2.05) is 0 Å². The summed E-state index contributed by atoms with van der Waals surface area (Å²) < 4.78 is 16.7. The van der Waals surface area contributed by atoms with E-state index in [4.69, 9.17) is 14.2 Å². The van der Waals surface area contributed by atoms with Crippen molar-refractivity contribution in [3.8, 4) is 17.2 Å². The van der Waals surface area contributed by atoms with Gasteiger partial charge in [0.15, 0.2) is 17.3 Å². The Morgan fingerprint density at radius 3 is 1.68 bits per heavy atom. The van der Waals surface area contributed by atoms with E-state index in [0.29, 0.717) is 8.95 Å². The van der Waals surface area contributed by atoms with Crippen molar-refractivity contribution >= 4 is 55.6 Å². The molecule has 0 saturated carbocycles. The van der Waals surface area contributed by atoms with Crippen molar-refractivity contribution < 1.29 is 33.4 Å². The van der Waals surface area contributed by atoms with E-state index in [1.165, 1.54) is 24.3 Å². The second-order valence-electron chi connectivity index (χ2n) is 6.23. The predicted octanol–water partition coefficient (Wildman–Crippen LogP) is 5.39. The van der Waals surface area contributed by atoms with Crippen molar-refractivity contribution in [2.75, 3.05) is 0 Å². The number of halogens is 2. The molecule has 0 atom stereocenters. The van der Waals surface area contributed by atoms with E-state index >= 15 is 0 Å². The van der Waals surface area contributed by atoms with Crippen LogP contribution in [-0.4, -0.2) is 23.7 Å². The molecule has 0 aliphatic rings. The summed E-state index contributed by atoms with van der Waals surface area (Å²) in [6, 6.07) is 7.37. The highest BCUT2D eigenvalue weighted by atomic mass is 79.9. The lowest BCUT2D eigenvalue weighted by Gasteiger charge is -2.14. The average Bonchev–Trinajstić information content (AvgIpc) is 2.75. The minimum absolute atomic E-state index is 0.00366. The van der Waals surface area contributed by atoms with Crippen LogP contribution in [-0.2, 0) is 14.4 Å². The lowest BCUT2D eigenvalue weighted by atomic mass is 10.0. The molecule has 2 aromatic rings. The number of ketones is 1. The number of benzene rings is 2. The molecule has 0 aliphatic heterocycles. The average molecular weight is 556 g/mol. The van der Waals surface area contributed by atoms with Crippen LogP contribution in [0.3, 0.4) is 0 Å². The molecule has 0 spiro atoms. The molecule has 0 radical (unpaired) electrons. The van der Waals surface area contributed by atoms with Gasteiger partial charge in [0, 0.05) is 33.8 Å². The van der Waals surface area contributed by atoms with Gasteiger partial charge in [0.25, 0.3) is 0 Å². The van der Waals surface area contributed by atoms with Gasteiger partial charge in [-0.1, -0.05) is 36.7 Å². The van der Waals surface area contributed by atoms with Gasteiger partial charge < -0.3 is 14.2 Å². The lowest BCUT2D eigenvalue weighted by molar-refractivity contribution is -0.136. The molecule has 0 heterocycles. The van der Waals surface area contributed by atoms with E-state index in [1.54, 1.807) is 26.8 Å². The maximum atomic E-state index is 13.3. The number of esters is 3. The van der Waals surface area contributed by atoms with Gasteiger partial charge >= 0.3 is 17.9 Å². The zero-order chi connectivity index (χ0) is 23.1. The van der Waals surface area contributed by atoms with Gasteiger partial charge in [-0.25, -0.2) is 0 Å². The molecular formula is C22H20Br2O7. The summed E-state index contributed by atoms with van der Waals surface area (Å²) >= 11 is 6.62. The lowest BCUT2D eigenvalue weighted by Crippen LogP contribution is -2.13. The molecule has 0 N–H and O–H groups in total. The van der Waals surface area contributed by atoms with Crippen LogP contribution >= 0.6 is 31.9 Å². The fourth-order valence-electron chi connectivity index (χ4n) is 2.37. The standard InChI is InChI=1S/C22H20Br2O7/c1-4-19(25)29-16-8-7-12(23)9-14(16)22(28)13-10-17(30-20(26)5-2)18(11-15(13)24)31-21(27)6-3/h7-11H,4-6H2,1-3H3. The van der Waals surface area contributed by atoms with E-state index in [-0.39, 0.29) is 47.6 Å². The zero-order valence-electron chi connectivity index (χ0n) is 17.1. The Bertz CT molecular complexity index is 1030. The van der Waals surface area contributed by atoms with Crippen molar-refractivity contribution in [3.63, 3.8) is 0 Å². The summed E-state index contributed by atoms with van der Waals surface area (Å²) in [6.45, 7) is 4.88. The monoisotopic (exact) mass is 554 g/mol. The third kappa shape index (κ3) is 6.48. The van der Waals surface area contributed by atoms with E-state index in [9.17, 15) is 19.2 Å². The molecule has 2 aromatic carbocycles. The number of hydrogen-bond donors (Lipinski definition) is 0. The summed E-state index contributed by atoms with van der Waals surface area (Å²) in [5, 5.41) is 0. The molecule has 0 unspecified atom stereocenters. The van der Waals surface area contributed by atoms with Crippen molar-refractivity contribution in [1.29, 1.82) is 0 Å². The Kier molecular flexibility index (Phi) is 8.94. The molecule has 2 rings (SSSR count). The maximum absolute atomic E-state index is 13.3. The van der Waals surface area contributed by atoms with Crippen LogP contribution in [0.1, 0.15) is 56.0 Å². The smallest absolute Gasteiger partial charge is 0.311 e. The molecule has 0 bridgehead atoms. The van der Waals surface area contributed by atoms with Gasteiger partial charge in [-0.3, -0.25) is 19.2 Å². The van der Waals surface area contributed by atoms with Crippen molar-refractivity contribution in [1.82, 2.24) is 0 Å². The fourth-order valence-corrected chi connectivity index (χ4v) is 3.23. The normalized spacial score (nSPS) is 10.4. The van der Waals surface area contributed by atoms with Gasteiger partial charge in [-0.15, -0.1) is 0 Å². The second-order valence-corrected chi connectivity index (χ2v) is 8.00. The highest BCUT2D eigenvalue weighted by Gasteiger charge is 2.23. The molecule has 0 aromatic heterocycles. The first-order valence-corrected chi connectivity index (χ1v) is 11.1. The number of rotatable bonds is 8. The third-order valence-electron chi connectivity index (χ3n) is 4.00. The van der Waals surface area contributed by atoms with Crippen LogP contribution < -0.4 is 14.2 Å². The summed E-state index contributed by atoms with van der Waals surface area (Å²) in [5.74, 6) is -2.04. The van der Waals surface area contributed by atoms with Gasteiger partial charge in [0.2, 0.25) is 0 Å². The molecule has 0 saturated heterocycles. The molecule has 0 amide bonds. The molecule has 31 heavy (non-hydrogen) atoms. The van der Waals surface area contributed by atoms with Gasteiger partial charge in [-0.2, -0.15) is 0 Å². The minimum atomic E-state index is -0.561. The zero-order valence-corrected chi connectivity index (χ0v) is 20.3. The maximum Gasteiger partial charge on any atom is 0.311 e. The first-order chi connectivity index (χ1) is 14.7. The molecule has 9 heteroatoms. The Labute approximate surface area is 196 Å². The first-order valence-electron chi connectivity index (χ1n) is 9.49. The first kappa shape index (κ1) is 24.7. The SMILES string of the molecule is CCC(=O)Oc1cc(Br)c(C(=O)c2cc(Br)ccc2OC(=O)CC)cc1OC(=O)CC. The van der Waals surface area contributed by atoms with Crippen LogP contribution in [0.15, 0.2) is 39.3 Å². The highest BCUT2D eigenvalue weighted by molar-refractivity contribution is 9.10. The number of ether oxygens (including phenoxy) is 3. The molecule has 0 fully saturated rings. The number of carbonyl (C=O) groups is 4. The Hall–Kier alpha value is -2.52.